The Labute approximate surface area is 163 Å². The van der Waals surface area contributed by atoms with Crippen molar-refractivity contribution in [1.29, 1.82) is 5.26 Å². The lowest BCUT2D eigenvalue weighted by Crippen LogP contribution is -2.03. The van der Waals surface area contributed by atoms with E-state index in [0.717, 1.165) is 21.6 Å². The average Bonchev–Trinajstić information content (AvgIpc) is 2.72. The Balaban J connectivity index is 1.85. The molecule has 3 aromatic rings. The van der Waals surface area contributed by atoms with Gasteiger partial charge in [0.15, 0.2) is 0 Å². The van der Waals surface area contributed by atoms with Gasteiger partial charge in [0.2, 0.25) is 0 Å². The zero-order valence-electron chi connectivity index (χ0n) is 15.2. The Kier molecular flexibility index (Phi) is 6.35. The quantitative estimate of drug-likeness (QED) is 0.543. The van der Waals surface area contributed by atoms with Gasteiger partial charge in [-0.25, -0.2) is 4.21 Å². The molecule has 0 fully saturated rings. The van der Waals surface area contributed by atoms with Crippen molar-refractivity contribution < 1.29 is 4.21 Å². The van der Waals surface area contributed by atoms with E-state index in [4.69, 9.17) is 0 Å². The smallest absolute Gasteiger partial charge is 0.0852 e. The molecule has 3 heteroatoms. The van der Waals surface area contributed by atoms with Crippen LogP contribution in [0.5, 0.6) is 0 Å². The van der Waals surface area contributed by atoms with Crippen molar-refractivity contribution in [1.82, 2.24) is 0 Å². The van der Waals surface area contributed by atoms with Gasteiger partial charge >= 0.3 is 0 Å². The van der Waals surface area contributed by atoms with E-state index < -0.39 is 10.8 Å². The van der Waals surface area contributed by atoms with Crippen LogP contribution in [0, 0.1) is 18.3 Å². The van der Waals surface area contributed by atoms with E-state index >= 15 is 0 Å². The van der Waals surface area contributed by atoms with E-state index in [1.165, 1.54) is 0 Å². The molecule has 27 heavy (non-hydrogen) atoms. The van der Waals surface area contributed by atoms with Crippen LogP contribution in [0.25, 0.3) is 6.08 Å². The fourth-order valence-electron chi connectivity index (χ4n) is 2.88. The molecular formula is C24H21NOS. The predicted octanol–water partition coefficient (Wildman–Crippen LogP) is 5.87. The van der Waals surface area contributed by atoms with E-state index in [0.29, 0.717) is 11.3 Å². The third-order valence-electron chi connectivity index (χ3n) is 4.37. The maximum absolute atomic E-state index is 13.1. The molecule has 3 rings (SSSR count). The molecule has 0 radical (unpaired) electrons. The summed E-state index contributed by atoms with van der Waals surface area (Å²) >= 11 is 0. The number of hydrogen-bond acceptors (Lipinski definition) is 2. The first kappa shape index (κ1) is 18.8. The van der Waals surface area contributed by atoms with Gasteiger partial charge in [0.25, 0.3) is 0 Å². The summed E-state index contributed by atoms with van der Waals surface area (Å²) in [7, 11) is -1.31. The van der Waals surface area contributed by atoms with Crippen molar-refractivity contribution in [2.75, 3.05) is 0 Å². The van der Waals surface area contributed by atoms with Crippen LogP contribution < -0.4 is 0 Å². The Morgan fingerprint density at radius 1 is 0.963 bits per heavy atom. The molecule has 0 spiro atoms. The van der Waals surface area contributed by atoms with Crippen LogP contribution in [-0.4, -0.2) is 4.21 Å². The first-order valence-corrected chi connectivity index (χ1v) is 10.0. The summed E-state index contributed by atoms with van der Waals surface area (Å²) in [4.78, 5) is 1.46. The first-order chi connectivity index (χ1) is 13.2. The molecule has 134 valence electrons. The number of aryl methyl sites for hydroxylation is 1. The molecule has 2 atom stereocenters. The molecule has 0 saturated heterocycles. The molecule has 0 aromatic heterocycles. The minimum atomic E-state index is -1.31. The van der Waals surface area contributed by atoms with Gasteiger partial charge in [-0.2, -0.15) is 5.26 Å². The lowest BCUT2D eigenvalue weighted by Gasteiger charge is -2.13. The molecule has 0 N–H and O–H groups in total. The van der Waals surface area contributed by atoms with Crippen LogP contribution >= 0.6 is 0 Å². The van der Waals surface area contributed by atoms with Gasteiger partial charge < -0.3 is 0 Å². The van der Waals surface area contributed by atoms with Gasteiger partial charge in [0, 0.05) is 9.79 Å². The van der Waals surface area contributed by atoms with Crippen molar-refractivity contribution in [2.24, 2.45) is 0 Å². The van der Waals surface area contributed by atoms with Crippen molar-refractivity contribution >= 4 is 16.9 Å². The standard InChI is InChI=1S/C24H21NOS/c1-19-14-16-22(17-15-19)27(26)24-13-6-5-12-23(24)21(18-25)11-7-10-20-8-3-2-4-9-20/h2-10,12-17,21H,11H2,1H3/b10-7+. The Morgan fingerprint density at radius 3 is 2.33 bits per heavy atom. The average molecular weight is 372 g/mol. The molecule has 0 aliphatic heterocycles. The van der Waals surface area contributed by atoms with Gasteiger partial charge in [-0.1, -0.05) is 78.4 Å². The SMILES string of the molecule is Cc1ccc(S(=O)c2ccccc2C(C#N)C/C=C/c2ccccc2)cc1. The van der Waals surface area contributed by atoms with Gasteiger partial charge in [-0.05, 0) is 42.7 Å². The number of nitrogens with zero attached hydrogens (tertiary/aromatic N) is 1. The van der Waals surface area contributed by atoms with Gasteiger partial charge in [-0.15, -0.1) is 0 Å². The highest BCUT2D eigenvalue weighted by molar-refractivity contribution is 7.85. The van der Waals surface area contributed by atoms with E-state index in [1.54, 1.807) is 0 Å². The fourth-order valence-corrected chi connectivity index (χ4v) is 4.14. The van der Waals surface area contributed by atoms with E-state index in [1.807, 2.05) is 97.9 Å². The second-order valence-corrected chi connectivity index (χ2v) is 7.80. The van der Waals surface area contributed by atoms with E-state index in [2.05, 4.69) is 6.07 Å². The number of nitriles is 1. The summed E-state index contributed by atoms with van der Waals surface area (Å²) < 4.78 is 13.1. The van der Waals surface area contributed by atoms with Crippen LogP contribution in [0.1, 0.15) is 29.0 Å². The van der Waals surface area contributed by atoms with Gasteiger partial charge in [-0.3, -0.25) is 0 Å². The molecule has 0 bridgehead atoms. The molecule has 2 nitrogen and oxygen atoms in total. The Bertz CT molecular complexity index is 985. The molecule has 3 aromatic carbocycles. The molecule has 0 amide bonds. The zero-order valence-corrected chi connectivity index (χ0v) is 16.0. The van der Waals surface area contributed by atoms with E-state index in [9.17, 15) is 9.47 Å². The highest BCUT2D eigenvalue weighted by Gasteiger charge is 2.18. The number of hydrogen-bond donors (Lipinski definition) is 0. The first-order valence-electron chi connectivity index (χ1n) is 8.87. The van der Waals surface area contributed by atoms with Crippen LogP contribution in [0.3, 0.4) is 0 Å². The summed E-state index contributed by atoms with van der Waals surface area (Å²) in [6.45, 7) is 2.01. The number of benzene rings is 3. The summed E-state index contributed by atoms with van der Waals surface area (Å²) in [6.07, 6.45) is 4.60. The summed E-state index contributed by atoms with van der Waals surface area (Å²) in [6, 6.07) is 27.6. The third-order valence-corrected chi connectivity index (χ3v) is 5.84. The number of allylic oxidation sites excluding steroid dienone is 1. The molecule has 0 heterocycles. The molecule has 2 unspecified atom stereocenters. The Morgan fingerprint density at radius 2 is 1.63 bits per heavy atom. The van der Waals surface area contributed by atoms with Crippen LogP contribution in [0.4, 0.5) is 0 Å². The molecule has 0 saturated carbocycles. The highest BCUT2D eigenvalue weighted by Crippen LogP contribution is 2.28. The molecule has 0 aliphatic rings. The minimum absolute atomic E-state index is 0.337. The monoisotopic (exact) mass is 371 g/mol. The highest BCUT2D eigenvalue weighted by atomic mass is 32.2. The van der Waals surface area contributed by atoms with Gasteiger partial charge in [0.1, 0.15) is 0 Å². The van der Waals surface area contributed by atoms with Crippen LogP contribution in [0.15, 0.2) is 94.7 Å². The lowest BCUT2D eigenvalue weighted by atomic mass is 9.96. The van der Waals surface area contributed by atoms with Crippen molar-refractivity contribution in [3.05, 3.63) is 102 Å². The molecular weight excluding hydrogens is 350 g/mol. The maximum Gasteiger partial charge on any atom is 0.0852 e. The van der Waals surface area contributed by atoms with Crippen LogP contribution in [0.2, 0.25) is 0 Å². The summed E-state index contributed by atoms with van der Waals surface area (Å²) in [5, 5.41) is 9.71. The predicted molar refractivity (Wildman–Crippen MR) is 111 cm³/mol. The van der Waals surface area contributed by atoms with Crippen molar-refractivity contribution in [3.63, 3.8) is 0 Å². The lowest BCUT2D eigenvalue weighted by molar-refractivity contribution is 0.681. The fraction of sp³-hybridized carbons (Fsp3) is 0.125. The van der Waals surface area contributed by atoms with Gasteiger partial charge in [0.05, 0.1) is 22.8 Å². The van der Waals surface area contributed by atoms with Crippen molar-refractivity contribution in [3.8, 4) is 6.07 Å². The van der Waals surface area contributed by atoms with Crippen LogP contribution in [-0.2, 0) is 10.8 Å². The second kappa shape index (κ2) is 9.12. The third kappa shape index (κ3) is 4.81. The topological polar surface area (TPSA) is 40.9 Å². The summed E-state index contributed by atoms with van der Waals surface area (Å²) in [5.74, 6) is -0.337. The Hall–Kier alpha value is -2.96. The maximum atomic E-state index is 13.1. The van der Waals surface area contributed by atoms with Crippen molar-refractivity contribution in [2.45, 2.75) is 29.1 Å². The second-order valence-electron chi connectivity index (χ2n) is 6.35. The number of rotatable bonds is 6. The molecule has 0 aliphatic carbocycles. The largest absolute Gasteiger partial charge is 0.249 e. The zero-order chi connectivity index (χ0) is 19.1. The minimum Gasteiger partial charge on any atom is -0.249 e. The summed E-state index contributed by atoms with van der Waals surface area (Å²) in [5.41, 5.74) is 3.06. The van der Waals surface area contributed by atoms with E-state index in [-0.39, 0.29) is 5.92 Å². The normalized spacial score (nSPS) is 13.2.